The first kappa shape index (κ1) is 15.8. The first-order chi connectivity index (χ1) is 11.3. The van der Waals surface area contributed by atoms with Gasteiger partial charge in [0.1, 0.15) is 0 Å². The van der Waals surface area contributed by atoms with Crippen LogP contribution < -0.4 is 5.32 Å². The Balaban J connectivity index is 1.82. The van der Waals surface area contributed by atoms with Crippen LogP contribution in [0.2, 0.25) is 0 Å². The van der Waals surface area contributed by atoms with Crippen molar-refractivity contribution >= 4 is 27.4 Å². The van der Waals surface area contributed by atoms with E-state index in [0.29, 0.717) is 0 Å². The molecule has 1 heterocycles. The van der Waals surface area contributed by atoms with Crippen LogP contribution in [0.15, 0.2) is 48.7 Å². The molecule has 0 aliphatic heterocycles. The molecule has 1 aromatic heterocycles. The minimum absolute atomic E-state index is 0.985. The van der Waals surface area contributed by atoms with Crippen molar-refractivity contribution in [3.8, 4) is 0 Å². The Hall–Kier alpha value is -2.13. The predicted molar refractivity (Wildman–Crippen MR) is 100 cm³/mol. The third-order valence-corrected chi connectivity index (χ3v) is 4.49. The van der Waals surface area contributed by atoms with E-state index >= 15 is 0 Å². The number of fused-ring (bicyclic) bond motifs is 3. The molecule has 2 aromatic carbocycles. The Morgan fingerprint density at radius 3 is 2.65 bits per heavy atom. The molecule has 0 saturated carbocycles. The molecule has 0 aliphatic rings. The van der Waals surface area contributed by atoms with E-state index in [9.17, 15) is 0 Å². The van der Waals surface area contributed by atoms with Crippen LogP contribution in [0.5, 0.6) is 0 Å². The van der Waals surface area contributed by atoms with Gasteiger partial charge in [-0.1, -0.05) is 44.2 Å². The Labute approximate surface area is 138 Å². The first-order valence-electron chi connectivity index (χ1n) is 8.56. The number of hydrogen-bond donors (Lipinski definition) is 1. The van der Waals surface area contributed by atoms with E-state index in [0.717, 1.165) is 38.1 Å². The van der Waals surface area contributed by atoms with Gasteiger partial charge in [0.05, 0.1) is 5.52 Å². The molecule has 3 nitrogen and oxygen atoms in total. The summed E-state index contributed by atoms with van der Waals surface area (Å²) in [6, 6.07) is 14.9. The van der Waals surface area contributed by atoms with Crippen molar-refractivity contribution in [1.82, 2.24) is 9.88 Å². The zero-order chi connectivity index (χ0) is 16.1. The topological polar surface area (TPSA) is 28.2 Å². The van der Waals surface area contributed by atoms with E-state index in [1.807, 2.05) is 6.20 Å². The molecule has 0 spiro atoms. The Kier molecular flexibility index (Phi) is 5.09. The van der Waals surface area contributed by atoms with Gasteiger partial charge in [-0.3, -0.25) is 4.98 Å². The zero-order valence-corrected chi connectivity index (χ0v) is 14.0. The lowest BCUT2D eigenvalue weighted by Crippen LogP contribution is -2.25. The van der Waals surface area contributed by atoms with Crippen molar-refractivity contribution in [2.75, 3.05) is 31.5 Å². The van der Waals surface area contributed by atoms with Gasteiger partial charge < -0.3 is 10.2 Å². The van der Waals surface area contributed by atoms with Crippen LogP contribution >= 0.6 is 0 Å². The fourth-order valence-electron chi connectivity index (χ4n) is 3.14. The van der Waals surface area contributed by atoms with Gasteiger partial charge >= 0.3 is 0 Å². The van der Waals surface area contributed by atoms with E-state index in [4.69, 9.17) is 0 Å². The quantitative estimate of drug-likeness (QED) is 0.513. The summed E-state index contributed by atoms with van der Waals surface area (Å²) in [6.07, 6.45) is 3.04. The van der Waals surface area contributed by atoms with Gasteiger partial charge in [-0.15, -0.1) is 0 Å². The van der Waals surface area contributed by atoms with Crippen molar-refractivity contribution in [2.24, 2.45) is 0 Å². The highest BCUT2D eigenvalue weighted by Crippen LogP contribution is 2.29. The summed E-state index contributed by atoms with van der Waals surface area (Å²) < 4.78 is 0. The predicted octanol–water partition coefficient (Wildman–Crippen LogP) is 4.53. The normalized spacial score (nSPS) is 11.4. The summed E-state index contributed by atoms with van der Waals surface area (Å²) in [6.45, 7) is 8.82. The molecule has 0 atom stereocenters. The minimum atomic E-state index is 0.985. The molecule has 23 heavy (non-hydrogen) atoms. The lowest BCUT2D eigenvalue weighted by molar-refractivity contribution is 0.303. The zero-order valence-electron chi connectivity index (χ0n) is 14.0. The van der Waals surface area contributed by atoms with E-state index in [1.54, 1.807) is 0 Å². The fraction of sp³-hybridized carbons (Fsp3) is 0.350. The van der Waals surface area contributed by atoms with Crippen LogP contribution in [-0.4, -0.2) is 36.1 Å². The molecule has 120 valence electrons. The number of nitrogens with one attached hydrogen (secondary N) is 1. The second-order valence-electron chi connectivity index (χ2n) is 5.85. The van der Waals surface area contributed by atoms with Crippen molar-refractivity contribution < 1.29 is 0 Å². The van der Waals surface area contributed by atoms with Crippen LogP contribution in [0.1, 0.15) is 20.3 Å². The molecule has 3 heteroatoms. The average Bonchev–Trinajstić information content (AvgIpc) is 2.61. The van der Waals surface area contributed by atoms with Gasteiger partial charge in [0.15, 0.2) is 0 Å². The molecule has 0 amide bonds. The summed E-state index contributed by atoms with van der Waals surface area (Å²) in [4.78, 5) is 6.99. The summed E-state index contributed by atoms with van der Waals surface area (Å²) >= 11 is 0. The third kappa shape index (κ3) is 3.45. The molecule has 1 N–H and O–H groups in total. The second-order valence-corrected chi connectivity index (χ2v) is 5.85. The minimum Gasteiger partial charge on any atom is -0.384 e. The molecular weight excluding hydrogens is 282 g/mol. The van der Waals surface area contributed by atoms with Crippen molar-refractivity contribution in [1.29, 1.82) is 0 Å². The van der Waals surface area contributed by atoms with Gasteiger partial charge in [0.25, 0.3) is 0 Å². The van der Waals surface area contributed by atoms with E-state index in [1.165, 1.54) is 21.8 Å². The SMILES string of the molecule is CCN(CC)CCCNc1ccnc2ccc3ccccc3c12. The molecule has 0 fully saturated rings. The number of rotatable bonds is 7. The maximum absolute atomic E-state index is 4.53. The second kappa shape index (κ2) is 7.42. The summed E-state index contributed by atoms with van der Waals surface area (Å²) in [7, 11) is 0. The molecule has 0 aliphatic carbocycles. The Bertz CT molecular complexity index is 778. The van der Waals surface area contributed by atoms with Crippen LogP contribution in [-0.2, 0) is 0 Å². The highest BCUT2D eigenvalue weighted by molar-refractivity contribution is 6.11. The summed E-state index contributed by atoms with van der Waals surface area (Å²) in [5, 5.41) is 7.38. The number of nitrogens with zero attached hydrogens (tertiary/aromatic N) is 2. The molecule has 0 radical (unpaired) electrons. The van der Waals surface area contributed by atoms with Gasteiger partial charge in [0, 0.05) is 23.8 Å². The van der Waals surface area contributed by atoms with Crippen molar-refractivity contribution in [2.45, 2.75) is 20.3 Å². The van der Waals surface area contributed by atoms with Crippen LogP contribution in [0.4, 0.5) is 5.69 Å². The number of benzene rings is 2. The van der Waals surface area contributed by atoms with Crippen LogP contribution in [0, 0.1) is 0 Å². The van der Waals surface area contributed by atoms with Gasteiger partial charge in [-0.25, -0.2) is 0 Å². The van der Waals surface area contributed by atoms with E-state index in [2.05, 4.69) is 71.5 Å². The fourth-order valence-corrected chi connectivity index (χ4v) is 3.14. The summed E-state index contributed by atoms with van der Waals surface area (Å²) in [5.74, 6) is 0. The first-order valence-corrected chi connectivity index (χ1v) is 8.56. The average molecular weight is 307 g/mol. The van der Waals surface area contributed by atoms with Gasteiger partial charge in [-0.2, -0.15) is 0 Å². The third-order valence-electron chi connectivity index (χ3n) is 4.49. The maximum Gasteiger partial charge on any atom is 0.0729 e. The maximum atomic E-state index is 4.53. The van der Waals surface area contributed by atoms with E-state index < -0.39 is 0 Å². The Morgan fingerprint density at radius 1 is 1.00 bits per heavy atom. The molecule has 3 aromatic rings. The number of pyridine rings is 1. The monoisotopic (exact) mass is 307 g/mol. The highest BCUT2D eigenvalue weighted by atomic mass is 15.1. The number of aromatic nitrogens is 1. The lowest BCUT2D eigenvalue weighted by atomic mass is 10.0. The van der Waals surface area contributed by atoms with E-state index in [-0.39, 0.29) is 0 Å². The van der Waals surface area contributed by atoms with Gasteiger partial charge in [-0.05, 0) is 49.0 Å². The molecular formula is C20H25N3. The van der Waals surface area contributed by atoms with Crippen LogP contribution in [0.3, 0.4) is 0 Å². The molecule has 0 bridgehead atoms. The highest BCUT2D eigenvalue weighted by Gasteiger charge is 2.06. The van der Waals surface area contributed by atoms with Crippen LogP contribution in [0.25, 0.3) is 21.7 Å². The standard InChI is InChI=1S/C20H25N3/c1-3-23(4-2)15-7-13-21-19-12-14-22-18-11-10-16-8-5-6-9-17(16)20(18)19/h5-6,8-12,14H,3-4,7,13,15H2,1-2H3,(H,21,22). The molecule has 0 saturated heterocycles. The molecule has 3 rings (SSSR count). The summed E-state index contributed by atoms with van der Waals surface area (Å²) in [5.41, 5.74) is 2.24. The van der Waals surface area contributed by atoms with Gasteiger partial charge in [0.2, 0.25) is 0 Å². The smallest absolute Gasteiger partial charge is 0.0729 e. The molecule has 0 unspecified atom stereocenters. The number of hydrogen-bond acceptors (Lipinski definition) is 3. The van der Waals surface area contributed by atoms with Crippen molar-refractivity contribution in [3.63, 3.8) is 0 Å². The Morgan fingerprint density at radius 2 is 1.83 bits per heavy atom. The van der Waals surface area contributed by atoms with Crippen molar-refractivity contribution in [3.05, 3.63) is 48.7 Å². The largest absolute Gasteiger partial charge is 0.384 e. The lowest BCUT2D eigenvalue weighted by Gasteiger charge is -2.18. The number of anilines is 1.